The van der Waals surface area contributed by atoms with Gasteiger partial charge in [0.15, 0.2) is 5.29 Å². The van der Waals surface area contributed by atoms with E-state index < -0.39 is 37.3 Å². The molecule has 1 aromatic heterocycles. The Bertz CT molecular complexity index is 847. The first kappa shape index (κ1) is 20.5. The molecule has 1 aromatic rings. The summed E-state index contributed by atoms with van der Waals surface area (Å²) in [6, 6.07) is 0.700. The van der Waals surface area contributed by atoms with Crippen molar-refractivity contribution in [1.82, 2.24) is 9.55 Å². The van der Waals surface area contributed by atoms with Crippen molar-refractivity contribution in [3.63, 3.8) is 0 Å². The van der Waals surface area contributed by atoms with E-state index in [1.54, 1.807) is 0 Å². The fraction of sp³-hybridized carbons (Fsp3) is 0.737. The van der Waals surface area contributed by atoms with Crippen molar-refractivity contribution in [3.05, 3.63) is 33.1 Å². The van der Waals surface area contributed by atoms with Gasteiger partial charge in [-0.3, -0.25) is 14.3 Å². The summed E-state index contributed by atoms with van der Waals surface area (Å²) in [6.07, 6.45) is 2.41. The van der Waals surface area contributed by atoms with Gasteiger partial charge in [0, 0.05) is 19.2 Å². The van der Waals surface area contributed by atoms with Gasteiger partial charge >= 0.3 is 5.69 Å². The highest BCUT2D eigenvalue weighted by Gasteiger charge is 2.54. The predicted molar refractivity (Wildman–Crippen MR) is 107 cm³/mol. The molecular weight excluding hydrogens is 367 g/mol. The van der Waals surface area contributed by atoms with Crippen LogP contribution in [-0.2, 0) is 4.52 Å². The average molecular weight is 397 g/mol. The first-order chi connectivity index (χ1) is 12.7. The molecule has 0 amide bonds. The standard InChI is InChI=1S/C19H29N2O5P/c1-5-14-11(3)27(14)26-19(4,6-2)10-12-9-13(17(24)16(12)23)21-8-7-15(22)20-18(21)25/h7-8,12-14,16-17,23-24H,5-6,9-10H2,1-4H3/p+1/t12-,13?,14+,16-,17+,19?/m1/s1. The Morgan fingerprint density at radius 1 is 1.33 bits per heavy atom. The highest BCUT2D eigenvalue weighted by molar-refractivity contribution is 7.66. The lowest BCUT2D eigenvalue weighted by molar-refractivity contribution is -0.0141. The van der Waals surface area contributed by atoms with Crippen molar-refractivity contribution in [2.24, 2.45) is 5.92 Å². The molecule has 0 saturated heterocycles. The maximum Gasteiger partial charge on any atom is 0.328 e. The molecule has 3 unspecified atom stereocenters. The topological polar surface area (TPSA) is 105 Å². The first-order valence-corrected chi connectivity index (χ1v) is 11.0. The number of H-pyrrole nitrogens is 1. The lowest BCUT2D eigenvalue weighted by atomic mass is 9.87. The van der Waals surface area contributed by atoms with Crippen molar-refractivity contribution < 1.29 is 14.7 Å². The van der Waals surface area contributed by atoms with E-state index >= 15 is 0 Å². The quantitative estimate of drug-likeness (QED) is 0.609. The number of hydrogen-bond acceptors (Lipinski definition) is 5. The minimum atomic E-state index is -1.05. The van der Waals surface area contributed by atoms with Gasteiger partial charge in [-0.25, -0.2) is 4.79 Å². The molecule has 3 N–H and O–H groups in total. The van der Waals surface area contributed by atoms with Crippen LogP contribution in [0.1, 0.15) is 59.4 Å². The SMILES string of the molecule is CC[C@H]1C(C)=[P+]1OC(C)(CC)C[C@H]1CC(n2ccc(=O)[nH]c2=O)[C@H](O)[C@@H]1O. The van der Waals surface area contributed by atoms with Crippen LogP contribution in [0.2, 0.25) is 0 Å². The van der Waals surface area contributed by atoms with E-state index in [0.717, 1.165) is 12.8 Å². The van der Waals surface area contributed by atoms with Crippen LogP contribution in [0, 0.1) is 5.92 Å². The number of rotatable bonds is 7. The maximum absolute atomic E-state index is 12.1. The molecular formula is C19H30N2O5P+. The molecule has 0 spiro atoms. The lowest BCUT2D eigenvalue weighted by Crippen LogP contribution is -2.37. The Morgan fingerprint density at radius 3 is 2.59 bits per heavy atom. The summed E-state index contributed by atoms with van der Waals surface area (Å²) in [5.41, 5.74) is -0.826. The van der Waals surface area contributed by atoms with Gasteiger partial charge in [-0.15, -0.1) is 0 Å². The largest absolute Gasteiger partial charge is 0.390 e. The number of nitrogens with one attached hydrogen (secondary N) is 1. The van der Waals surface area contributed by atoms with Crippen LogP contribution in [0.5, 0.6) is 0 Å². The van der Waals surface area contributed by atoms with E-state index in [1.165, 1.54) is 22.1 Å². The van der Waals surface area contributed by atoms with Gasteiger partial charge in [0.05, 0.1) is 12.1 Å². The van der Waals surface area contributed by atoms with Gasteiger partial charge in [0.1, 0.15) is 11.7 Å². The summed E-state index contributed by atoms with van der Waals surface area (Å²) < 4.78 is 7.77. The Kier molecular flexibility index (Phi) is 5.78. The van der Waals surface area contributed by atoms with Gasteiger partial charge in [0.25, 0.3) is 13.3 Å². The normalized spacial score (nSPS) is 33.9. The zero-order chi connectivity index (χ0) is 19.9. The Labute approximate surface area is 159 Å². The average Bonchev–Trinajstić information content (AvgIpc) is 3.15. The van der Waals surface area contributed by atoms with Crippen LogP contribution in [0.4, 0.5) is 0 Å². The van der Waals surface area contributed by atoms with Crippen LogP contribution in [0.25, 0.3) is 0 Å². The van der Waals surface area contributed by atoms with Crippen LogP contribution >= 0.6 is 7.77 Å². The third kappa shape index (κ3) is 3.97. The maximum atomic E-state index is 12.1. The fourth-order valence-electron chi connectivity index (χ4n) is 4.22. The molecule has 150 valence electrons. The van der Waals surface area contributed by atoms with Crippen LogP contribution in [0.3, 0.4) is 0 Å². The van der Waals surface area contributed by atoms with Gasteiger partial charge in [-0.2, -0.15) is 4.52 Å². The molecule has 8 heteroatoms. The molecule has 0 bridgehead atoms. The summed E-state index contributed by atoms with van der Waals surface area (Å²) in [5.74, 6) is -0.177. The van der Waals surface area contributed by atoms with Crippen LogP contribution < -0.4 is 11.2 Å². The monoisotopic (exact) mass is 397 g/mol. The molecule has 1 fully saturated rings. The minimum Gasteiger partial charge on any atom is -0.390 e. The minimum absolute atomic E-state index is 0.177. The number of nitrogens with zero attached hydrogens (tertiary/aromatic N) is 1. The molecule has 7 atom stereocenters. The molecule has 1 aliphatic heterocycles. The van der Waals surface area contributed by atoms with Crippen molar-refractivity contribution in [1.29, 1.82) is 0 Å². The van der Waals surface area contributed by atoms with Crippen molar-refractivity contribution in [3.8, 4) is 0 Å². The van der Waals surface area contributed by atoms with E-state index in [2.05, 4.69) is 32.7 Å². The third-order valence-electron chi connectivity index (χ3n) is 6.17. The van der Waals surface area contributed by atoms with Crippen LogP contribution in [-0.4, -0.2) is 48.5 Å². The van der Waals surface area contributed by atoms with E-state index in [0.29, 0.717) is 18.5 Å². The zero-order valence-corrected chi connectivity index (χ0v) is 17.3. The molecule has 27 heavy (non-hydrogen) atoms. The van der Waals surface area contributed by atoms with Gasteiger partial charge in [-0.1, -0.05) is 13.8 Å². The van der Waals surface area contributed by atoms with E-state index in [9.17, 15) is 19.8 Å². The molecule has 0 aromatic carbocycles. The molecule has 3 rings (SSSR count). The zero-order valence-electron chi connectivity index (χ0n) is 16.4. The van der Waals surface area contributed by atoms with Crippen molar-refractivity contribution >= 4 is 13.1 Å². The second-order valence-corrected chi connectivity index (χ2v) is 10.2. The summed E-state index contributed by atoms with van der Waals surface area (Å²) in [4.78, 5) is 25.6. The van der Waals surface area contributed by atoms with Crippen molar-refractivity contribution in [2.45, 2.75) is 82.9 Å². The molecule has 2 aliphatic rings. The van der Waals surface area contributed by atoms with E-state index in [-0.39, 0.29) is 11.5 Å². The summed E-state index contributed by atoms with van der Waals surface area (Å²) in [6.45, 7) is 8.48. The smallest absolute Gasteiger partial charge is 0.328 e. The van der Waals surface area contributed by atoms with E-state index in [1.807, 2.05) is 0 Å². The molecule has 2 heterocycles. The van der Waals surface area contributed by atoms with Gasteiger partial charge in [-0.05, 0) is 38.5 Å². The second kappa shape index (κ2) is 7.63. The van der Waals surface area contributed by atoms with Gasteiger partial charge < -0.3 is 10.2 Å². The lowest BCUT2D eigenvalue weighted by Gasteiger charge is -2.27. The highest BCUT2D eigenvalue weighted by atomic mass is 31.1. The third-order valence-corrected chi connectivity index (χ3v) is 8.86. The number of aliphatic hydroxyl groups excluding tert-OH is 2. The van der Waals surface area contributed by atoms with Gasteiger partial charge in [0.2, 0.25) is 5.66 Å². The molecule has 0 radical (unpaired) electrons. The Balaban J connectivity index is 1.75. The number of aliphatic hydroxyl groups is 2. The summed E-state index contributed by atoms with van der Waals surface area (Å²) in [5, 5.41) is 22.6. The highest BCUT2D eigenvalue weighted by Crippen LogP contribution is 2.55. The number of aromatic nitrogens is 2. The Morgan fingerprint density at radius 2 is 2.04 bits per heavy atom. The molecule has 1 aliphatic carbocycles. The van der Waals surface area contributed by atoms with E-state index in [4.69, 9.17) is 4.52 Å². The predicted octanol–water partition coefficient (Wildman–Crippen LogP) is 1.78. The fourth-order valence-corrected chi connectivity index (χ4v) is 6.47. The summed E-state index contributed by atoms with van der Waals surface area (Å²) in [7, 11) is -0.501. The Hall–Kier alpha value is -1.27. The molecule has 7 nitrogen and oxygen atoms in total. The summed E-state index contributed by atoms with van der Waals surface area (Å²) >= 11 is 0. The second-order valence-electron chi connectivity index (χ2n) is 8.05. The number of hydrogen-bond donors (Lipinski definition) is 3. The number of aromatic amines is 1. The first-order valence-electron chi connectivity index (χ1n) is 9.70. The molecule has 1 saturated carbocycles. The van der Waals surface area contributed by atoms with Crippen molar-refractivity contribution in [2.75, 3.05) is 0 Å². The van der Waals surface area contributed by atoms with Crippen LogP contribution in [0.15, 0.2) is 21.9 Å².